The van der Waals surface area contributed by atoms with E-state index in [1.54, 1.807) is 4.90 Å². The molecule has 0 saturated carbocycles. The minimum absolute atomic E-state index is 0.0609. The van der Waals surface area contributed by atoms with Gasteiger partial charge in [-0.1, -0.05) is 37.2 Å². The van der Waals surface area contributed by atoms with E-state index in [2.05, 4.69) is 15.3 Å². The van der Waals surface area contributed by atoms with Crippen molar-refractivity contribution in [3.8, 4) is 0 Å². The highest BCUT2D eigenvalue weighted by molar-refractivity contribution is 8.14. The van der Waals surface area contributed by atoms with E-state index in [-0.39, 0.29) is 17.3 Å². The Kier molecular flexibility index (Phi) is 5.63. The first-order chi connectivity index (χ1) is 14.5. The summed E-state index contributed by atoms with van der Waals surface area (Å²) in [6.07, 6.45) is 1.40. The second-order valence-corrected chi connectivity index (χ2v) is 7.76. The molecule has 30 heavy (non-hydrogen) atoms. The number of halogens is 2. The number of benzene rings is 2. The van der Waals surface area contributed by atoms with Crippen molar-refractivity contribution < 1.29 is 18.4 Å². The Morgan fingerprint density at radius 3 is 2.77 bits per heavy atom. The van der Waals surface area contributed by atoms with Gasteiger partial charge in [-0.05, 0) is 30.7 Å². The summed E-state index contributed by atoms with van der Waals surface area (Å²) in [7, 11) is 0. The van der Waals surface area contributed by atoms with Gasteiger partial charge in [0.05, 0.1) is 17.1 Å². The van der Waals surface area contributed by atoms with E-state index in [1.807, 2.05) is 31.2 Å². The van der Waals surface area contributed by atoms with Gasteiger partial charge in [-0.2, -0.15) is 4.99 Å². The maximum absolute atomic E-state index is 13.8. The second kappa shape index (κ2) is 8.35. The van der Waals surface area contributed by atoms with Crippen molar-refractivity contribution in [2.75, 3.05) is 11.1 Å². The highest BCUT2D eigenvalue weighted by Gasteiger charge is 2.41. The predicted octanol–water partition coefficient (Wildman–Crippen LogP) is 4.10. The summed E-state index contributed by atoms with van der Waals surface area (Å²) in [5.74, 6) is -1.79. The number of nitrogens with zero attached hydrogens (tertiary/aromatic N) is 3. The molecule has 154 valence electrons. The summed E-state index contributed by atoms with van der Waals surface area (Å²) in [6.45, 7) is 1.98. The lowest BCUT2D eigenvalue weighted by molar-refractivity contribution is -0.119. The normalized spacial score (nSPS) is 17.2. The van der Waals surface area contributed by atoms with Gasteiger partial charge in [-0.3, -0.25) is 14.5 Å². The summed E-state index contributed by atoms with van der Waals surface area (Å²) in [6, 6.07) is 9.87. The molecular formula is C21H18F2N4O2S. The smallest absolute Gasteiger partial charge is 0.270 e. The van der Waals surface area contributed by atoms with Gasteiger partial charge in [-0.15, -0.1) is 0 Å². The standard InChI is InChI=1S/C21H18F2N4O2S/c1-2-5-17-20(29)26-19-13-6-3-4-7-15(13)25-21(27(17)19)30-11-18(28)24-16-9-8-12(22)10-14(16)23/h3-4,6-10,17H,2,5,11H2,1H3,(H,24,28). The average molecular weight is 428 g/mol. The van der Waals surface area contributed by atoms with Crippen LogP contribution in [0.1, 0.15) is 25.3 Å². The van der Waals surface area contributed by atoms with Crippen LogP contribution in [0.25, 0.3) is 0 Å². The van der Waals surface area contributed by atoms with Gasteiger partial charge in [0.25, 0.3) is 5.91 Å². The van der Waals surface area contributed by atoms with E-state index in [1.165, 1.54) is 6.07 Å². The Bertz CT molecular complexity index is 1090. The molecule has 2 aromatic rings. The number of carbonyl (C=O) groups excluding carboxylic acids is 2. The number of hydrogen-bond acceptors (Lipinski definition) is 5. The van der Waals surface area contributed by atoms with Crippen molar-refractivity contribution in [3.05, 3.63) is 59.7 Å². The number of fused-ring (bicyclic) bond motifs is 3. The summed E-state index contributed by atoms with van der Waals surface area (Å²) < 4.78 is 26.8. The topological polar surface area (TPSA) is 74.1 Å². The third-order valence-electron chi connectivity index (χ3n) is 4.71. The lowest BCUT2D eigenvalue weighted by Gasteiger charge is -2.30. The molecule has 0 fully saturated rings. The van der Waals surface area contributed by atoms with E-state index in [9.17, 15) is 18.4 Å². The van der Waals surface area contributed by atoms with E-state index < -0.39 is 23.6 Å². The summed E-state index contributed by atoms with van der Waals surface area (Å²) in [5.41, 5.74) is 1.34. The fourth-order valence-corrected chi connectivity index (χ4v) is 4.20. The van der Waals surface area contributed by atoms with Crippen LogP contribution in [0.5, 0.6) is 0 Å². The zero-order valence-corrected chi connectivity index (χ0v) is 16.9. The minimum atomic E-state index is -0.847. The zero-order chi connectivity index (χ0) is 21.3. The Labute approximate surface area is 176 Å². The van der Waals surface area contributed by atoms with Crippen LogP contribution in [-0.4, -0.2) is 39.5 Å². The number of para-hydroxylation sites is 1. The van der Waals surface area contributed by atoms with Crippen LogP contribution in [0.4, 0.5) is 20.2 Å². The minimum Gasteiger partial charge on any atom is -0.323 e. The lowest BCUT2D eigenvalue weighted by atomic mass is 10.1. The molecule has 0 aromatic heterocycles. The average Bonchev–Trinajstić information content (AvgIpc) is 3.05. The van der Waals surface area contributed by atoms with Gasteiger partial charge in [0.15, 0.2) is 5.17 Å². The first kappa shape index (κ1) is 20.2. The van der Waals surface area contributed by atoms with Crippen LogP contribution in [0.15, 0.2) is 52.4 Å². The summed E-state index contributed by atoms with van der Waals surface area (Å²) >= 11 is 1.14. The summed E-state index contributed by atoms with van der Waals surface area (Å²) in [4.78, 5) is 35.5. The molecule has 0 bridgehead atoms. The number of amidine groups is 2. The number of hydrogen-bond donors (Lipinski definition) is 1. The first-order valence-corrected chi connectivity index (χ1v) is 10.4. The number of amides is 2. The lowest BCUT2D eigenvalue weighted by Crippen LogP contribution is -2.43. The van der Waals surface area contributed by atoms with E-state index in [4.69, 9.17) is 0 Å². The second-order valence-electron chi connectivity index (χ2n) is 6.82. The van der Waals surface area contributed by atoms with Crippen LogP contribution in [0.3, 0.4) is 0 Å². The molecule has 0 radical (unpaired) electrons. The van der Waals surface area contributed by atoms with E-state index in [0.29, 0.717) is 29.2 Å². The third kappa shape index (κ3) is 3.85. The molecule has 2 heterocycles. The molecule has 2 aliphatic rings. The van der Waals surface area contributed by atoms with Gasteiger partial charge in [0.2, 0.25) is 5.91 Å². The van der Waals surface area contributed by atoms with Crippen LogP contribution in [-0.2, 0) is 9.59 Å². The number of carbonyl (C=O) groups is 2. The number of rotatable bonds is 5. The largest absolute Gasteiger partial charge is 0.323 e. The number of thioether (sulfide) groups is 1. The monoisotopic (exact) mass is 428 g/mol. The molecule has 2 aromatic carbocycles. The first-order valence-electron chi connectivity index (χ1n) is 9.45. The van der Waals surface area contributed by atoms with Crippen molar-refractivity contribution in [3.63, 3.8) is 0 Å². The number of aliphatic imine (C=N–C) groups is 2. The van der Waals surface area contributed by atoms with Crippen LogP contribution >= 0.6 is 11.8 Å². The zero-order valence-electron chi connectivity index (χ0n) is 16.1. The summed E-state index contributed by atoms with van der Waals surface area (Å²) in [5, 5.41) is 2.92. The Morgan fingerprint density at radius 2 is 2.00 bits per heavy atom. The fourth-order valence-electron chi connectivity index (χ4n) is 3.36. The molecule has 0 spiro atoms. The Morgan fingerprint density at radius 1 is 1.20 bits per heavy atom. The van der Waals surface area contributed by atoms with Crippen molar-refractivity contribution in [1.82, 2.24) is 4.90 Å². The van der Waals surface area contributed by atoms with Gasteiger partial charge in [-0.25, -0.2) is 13.8 Å². The molecule has 2 aliphatic heterocycles. The molecular weight excluding hydrogens is 410 g/mol. The number of nitrogens with one attached hydrogen (secondary N) is 1. The highest BCUT2D eigenvalue weighted by atomic mass is 32.2. The molecule has 9 heteroatoms. The predicted molar refractivity (Wildman–Crippen MR) is 113 cm³/mol. The van der Waals surface area contributed by atoms with Gasteiger partial charge in [0, 0.05) is 11.6 Å². The van der Waals surface area contributed by atoms with Crippen LogP contribution in [0, 0.1) is 11.6 Å². The molecule has 6 nitrogen and oxygen atoms in total. The molecule has 1 atom stereocenters. The van der Waals surface area contributed by atoms with Gasteiger partial charge in [0.1, 0.15) is 23.5 Å². The van der Waals surface area contributed by atoms with E-state index >= 15 is 0 Å². The quantitative estimate of drug-likeness (QED) is 0.778. The highest BCUT2D eigenvalue weighted by Crippen LogP contribution is 2.35. The Hall–Kier alpha value is -3.07. The molecule has 0 saturated heterocycles. The third-order valence-corrected chi connectivity index (χ3v) is 5.66. The van der Waals surface area contributed by atoms with Crippen LogP contribution < -0.4 is 5.32 Å². The fraction of sp³-hybridized carbons (Fsp3) is 0.238. The van der Waals surface area contributed by atoms with Crippen molar-refractivity contribution in [2.24, 2.45) is 9.98 Å². The van der Waals surface area contributed by atoms with Gasteiger partial charge < -0.3 is 5.32 Å². The molecule has 1 unspecified atom stereocenters. The number of anilines is 1. The molecule has 4 rings (SSSR count). The van der Waals surface area contributed by atoms with Crippen molar-refractivity contribution in [1.29, 1.82) is 0 Å². The van der Waals surface area contributed by atoms with Gasteiger partial charge >= 0.3 is 0 Å². The maximum Gasteiger partial charge on any atom is 0.270 e. The SMILES string of the molecule is CCCC1C(=O)N=C2c3ccccc3N=C(SCC(=O)Nc3ccc(F)cc3F)N21. The molecule has 0 aliphatic carbocycles. The van der Waals surface area contributed by atoms with E-state index in [0.717, 1.165) is 29.8 Å². The van der Waals surface area contributed by atoms with Crippen molar-refractivity contribution in [2.45, 2.75) is 25.8 Å². The van der Waals surface area contributed by atoms with Crippen LogP contribution in [0.2, 0.25) is 0 Å². The Balaban J connectivity index is 1.55. The van der Waals surface area contributed by atoms with Crippen molar-refractivity contribution >= 4 is 46.0 Å². The maximum atomic E-state index is 13.8. The molecule has 1 N–H and O–H groups in total. The molecule has 2 amide bonds.